The van der Waals surface area contributed by atoms with Crippen LogP contribution in [-0.2, 0) is 6.18 Å². The van der Waals surface area contributed by atoms with E-state index in [1.165, 1.54) is 6.07 Å². The number of nitrogens with one attached hydrogen (secondary N) is 1. The van der Waals surface area contributed by atoms with Crippen LogP contribution in [0.4, 0.5) is 18.9 Å². The average molecular weight is 263 g/mol. The van der Waals surface area contributed by atoms with Crippen molar-refractivity contribution in [1.29, 1.82) is 5.41 Å². The molecule has 0 amide bonds. The molecule has 1 aliphatic rings. The number of amidine groups is 1. The van der Waals surface area contributed by atoms with E-state index in [-0.39, 0.29) is 5.02 Å². The smallest absolute Gasteiger partial charge is 0.329 e. The normalized spacial score (nSPS) is 16.7. The number of rotatable bonds is 1. The lowest BCUT2D eigenvalue weighted by Crippen LogP contribution is -2.23. The zero-order chi connectivity index (χ0) is 12.6. The highest BCUT2D eigenvalue weighted by Crippen LogP contribution is 2.36. The van der Waals surface area contributed by atoms with Gasteiger partial charge in [-0.15, -0.1) is 0 Å². The molecule has 6 heteroatoms. The molecular formula is C11H10ClF3N2. The van der Waals surface area contributed by atoms with Crippen LogP contribution >= 0.6 is 11.6 Å². The Hall–Kier alpha value is -1.23. The highest BCUT2D eigenvalue weighted by atomic mass is 35.5. The van der Waals surface area contributed by atoms with Gasteiger partial charge in [-0.25, -0.2) is 0 Å². The van der Waals surface area contributed by atoms with Crippen molar-refractivity contribution in [3.63, 3.8) is 0 Å². The summed E-state index contributed by atoms with van der Waals surface area (Å²) in [5, 5.41) is 7.70. The Labute approximate surface area is 101 Å². The van der Waals surface area contributed by atoms with E-state index in [4.69, 9.17) is 17.0 Å². The number of halogens is 4. The summed E-state index contributed by atoms with van der Waals surface area (Å²) in [6.45, 7) is 0.629. The van der Waals surface area contributed by atoms with Crippen molar-refractivity contribution in [2.45, 2.75) is 19.0 Å². The maximum Gasteiger partial charge on any atom is 0.416 e. The van der Waals surface area contributed by atoms with Gasteiger partial charge >= 0.3 is 6.18 Å². The number of anilines is 1. The fourth-order valence-electron chi connectivity index (χ4n) is 1.84. The molecule has 2 rings (SSSR count). The van der Waals surface area contributed by atoms with Gasteiger partial charge in [0.05, 0.1) is 16.3 Å². The Balaban J connectivity index is 2.35. The van der Waals surface area contributed by atoms with Crippen LogP contribution in [0.2, 0.25) is 5.02 Å². The number of benzene rings is 1. The molecule has 0 aromatic heterocycles. The third-order valence-corrected chi connectivity index (χ3v) is 2.99. The van der Waals surface area contributed by atoms with Gasteiger partial charge in [0.1, 0.15) is 5.84 Å². The molecular weight excluding hydrogens is 253 g/mol. The lowest BCUT2D eigenvalue weighted by Gasteiger charge is -2.20. The zero-order valence-corrected chi connectivity index (χ0v) is 9.57. The van der Waals surface area contributed by atoms with Gasteiger partial charge in [-0.05, 0) is 24.6 Å². The van der Waals surface area contributed by atoms with E-state index < -0.39 is 11.7 Å². The van der Waals surface area contributed by atoms with Gasteiger partial charge in [-0.2, -0.15) is 13.2 Å². The second kappa shape index (κ2) is 4.22. The minimum Gasteiger partial charge on any atom is -0.329 e. The Morgan fingerprint density at radius 2 is 2.00 bits per heavy atom. The molecule has 0 aliphatic carbocycles. The SMILES string of the molecule is N=C1CCCN1c1ccc(C(F)(F)F)cc1Cl. The van der Waals surface area contributed by atoms with Crippen molar-refractivity contribution in [2.75, 3.05) is 11.4 Å². The number of hydrogen-bond donors (Lipinski definition) is 1. The first-order valence-corrected chi connectivity index (χ1v) is 5.49. The average Bonchev–Trinajstić information content (AvgIpc) is 2.63. The molecule has 0 saturated carbocycles. The topological polar surface area (TPSA) is 27.1 Å². The van der Waals surface area contributed by atoms with Crippen LogP contribution in [0.15, 0.2) is 18.2 Å². The molecule has 1 aromatic carbocycles. The third-order valence-electron chi connectivity index (χ3n) is 2.69. The summed E-state index contributed by atoms with van der Waals surface area (Å²) in [5.74, 6) is 0.395. The minimum absolute atomic E-state index is 0.0338. The summed E-state index contributed by atoms with van der Waals surface area (Å²) in [6.07, 6.45) is -2.92. The Kier molecular flexibility index (Phi) is 3.03. The molecule has 1 fully saturated rings. The van der Waals surface area contributed by atoms with E-state index in [1.807, 2.05) is 0 Å². The molecule has 1 aliphatic heterocycles. The second-order valence-corrected chi connectivity index (χ2v) is 4.27. The summed E-state index contributed by atoms with van der Waals surface area (Å²) < 4.78 is 37.3. The second-order valence-electron chi connectivity index (χ2n) is 3.87. The number of alkyl halides is 3. The third kappa shape index (κ3) is 2.39. The van der Waals surface area contributed by atoms with Gasteiger partial charge < -0.3 is 4.90 Å². The molecule has 0 radical (unpaired) electrons. The van der Waals surface area contributed by atoms with Crippen molar-refractivity contribution in [1.82, 2.24) is 0 Å². The van der Waals surface area contributed by atoms with Crippen LogP contribution in [0.25, 0.3) is 0 Å². The highest BCUT2D eigenvalue weighted by molar-refractivity contribution is 6.34. The van der Waals surface area contributed by atoms with Gasteiger partial charge in [0, 0.05) is 13.0 Å². The summed E-state index contributed by atoms with van der Waals surface area (Å²) in [4.78, 5) is 1.64. The van der Waals surface area contributed by atoms with Crippen molar-refractivity contribution < 1.29 is 13.2 Å². The predicted octanol–water partition coefficient (Wildman–Crippen LogP) is 3.94. The maximum absolute atomic E-state index is 12.4. The number of hydrogen-bond acceptors (Lipinski definition) is 1. The first kappa shape index (κ1) is 12.2. The van der Waals surface area contributed by atoms with Crippen molar-refractivity contribution in [2.24, 2.45) is 0 Å². The number of nitrogens with zero attached hydrogens (tertiary/aromatic N) is 1. The van der Waals surface area contributed by atoms with Crippen LogP contribution < -0.4 is 4.90 Å². The Bertz CT molecular complexity index is 457. The molecule has 1 aromatic rings. The van der Waals surface area contributed by atoms with Crippen LogP contribution in [-0.4, -0.2) is 12.4 Å². The molecule has 0 spiro atoms. The van der Waals surface area contributed by atoms with Crippen molar-refractivity contribution >= 4 is 23.1 Å². The quantitative estimate of drug-likeness (QED) is 0.815. The van der Waals surface area contributed by atoms with E-state index >= 15 is 0 Å². The lowest BCUT2D eigenvalue weighted by molar-refractivity contribution is -0.137. The molecule has 0 bridgehead atoms. The molecule has 0 atom stereocenters. The van der Waals surface area contributed by atoms with Crippen molar-refractivity contribution in [3.8, 4) is 0 Å². The van der Waals surface area contributed by atoms with Gasteiger partial charge in [0.2, 0.25) is 0 Å². The minimum atomic E-state index is -4.39. The van der Waals surface area contributed by atoms with Crippen LogP contribution in [0.5, 0.6) is 0 Å². The van der Waals surface area contributed by atoms with Crippen LogP contribution in [0, 0.1) is 5.41 Å². The fraction of sp³-hybridized carbons (Fsp3) is 0.364. The first-order chi connectivity index (χ1) is 7.89. The summed E-state index contributed by atoms with van der Waals surface area (Å²) >= 11 is 5.84. The van der Waals surface area contributed by atoms with Gasteiger partial charge in [-0.1, -0.05) is 11.6 Å². The Morgan fingerprint density at radius 1 is 1.29 bits per heavy atom. The van der Waals surface area contributed by atoms with E-state index in [1.54, 1.807) is 4.90 Å². The molecule has 2 nitrogen and oxygen atoms in total. The monoisotopic (exact) mass is 262 g/mol. The summed E-state index contributed by atoms with van der Waals surface area (Å²) in [6, 6.07) is 3.22. The van der Waals surface area contributed by atoms with Crippen molar-refractivity contribution in [3.05, 3.63) is 28.8 Å². The van der Waals surface area contributed by atoms with E-state index in [0.717, 1.165) is 18.6 Å². The maximum atomic E-state index is 12.4. The molecule has 0 unspecified atom stereocenters. The molecule has 1 saturated heterocycles. The van der Waals surface area contributed by atoms with Gasteiger partial charge in [-0.3, -0.25) is 5.41 Å². The molecule has 1 heterocycles. The van der Waals surface area contributed by atoms with Crippen LogP contribution in [0.1, 0.15) is 18.4 Å². The first-order valence-electron chi connectivity index (χ1n) is 5.11. The van der Waals surface area contributed by atoms with Crippen LogP contribution in [0.3, 0.4) is 0 Å². The predicted molar refractivity (Wildman–Crippen MR) is 60.8 cm³/mol. The summed E-state index contributed by atoms with van der Waals surface area (Å²) in [5.41, 5.74) is -0.292. The molecule has 1 N–H and O–H groups in total. The Morgan fingerprint density at radius 3 is 2.47 bits per heavy atom. The van der Waals surface area contributed by atoms with E-state index in [9.17, 15) is 13.2 Å². The molecule has 92 valence electrons. The fourth-order valence-corrected chi connectivity index (χ4v) is 2.13. The van der Waals surface area contributed by atoms with Gasteiger partial charge in [0.15, 0.2) is 0 Å². The molecule has 17 heavy (non-hydrogen) atoms. The van der Waals surface area contributed by atoms with E-state index in [2.05, 4.69) is 0 Å². The van der Waals surface area contributed by atoms with E-state index in [0.29, 0.717) is 24.5 Å². The standard InChI is InChI=1S/C11H10ClF3N2/c12-8-6-7(11(13,14)15)3-4-9(8)17-5-1-2-10(17)16/h3-4,6,16H,1-2,5H2. The van der Waals surface area contributed by atoms with Gasteiger partial charge in [0.25, 0.3) is 0 Å². The largest absolute Gasteiger partial charge is 0.416 e. The zero-order valence-electron chi connectivity index (χ0n) is 8.81. The lowest BCUT2D eigenvalue weighted by atomic mass is 10.2. The summed E-state index contributed by atoms with van der Waals surface area (Å²) in [7, 11) is 0. The highest BCUT2D eigenvalue weighted by Gasteiger charge is 2.31.